The van der Waals surface area contributed by atoms with E-state index >= 15 is 0 Å². The first-order chi connectivity index (χ1) is 12.1. The number of amides is 1. The number of pyridine rings is 1. The van der Waals surface area contributed by atoms with Crippen LogP contribution < -0.4 is 5.32 Å². The Kier molecular flexibility index (Phi) is 4.48. The maximum Gasteiger partial charge on any atom is 0.253 e. The van der Waals surface area contributed by atoms with E-state index < -0.39 is 0 Å². The third-order valence-electron chi connectivity index (χ3n) is 6.06. The van der Waals surface area contributed by atoms with Crippen molar-refractivity contribution in [2.75, 3.05) is 0 Å². The molecule has 134 valence electrons. The summed E-state index contributed by atoms with van der Waals surface area (Å²) in [4.78, 5) is 17.2. The van der Waals surface area contributed by atoms with E-state index in [1.807, 2.05) is 10.7 Å². The van der Waals surface area contributed by atoms with E-state index in [0.29, 0.717) is 11.6 Å². The van der Waals surface area contributed by atoms with Gasteiger partial charge < -0.3 is 5.32 Å². The molecule has 2 aromatic rings. The molecule has 0 spiro atoms. The summed E-state index contributed by atoms with van der Waals surface area (Å²) >= 11 is 0. The van der Waals surface area contributed by atoms with Crippen molar-refractivity contribution in [2.24, 2.45) is 11.8 Å². The Balaban J connectivity index is 1.45. The van der Waals surface area contributed by atoms with Crippen LogP contribution in [-0.2, 0) is 0 Å². The minimum atomic E-state index is 0.00552. The van der Waals surface area contributed by atoms with Crippen LogP contribution in [0.2, 0.25) is 0 Å². The molecule has 0 aliphatic heterocycles. The molecule has 3 atom stereocenters. The van der Waals surface area contributed by atoms with Gasteiger partial charge in [0.25, 0.3) is 5.91 Å². The van der Waals surface area contributed by atoms with Crippen molar-refractivity contribution in [3.63, 3.8) is 0 Å². The molecule has 0 bridgehead atoms. The molecule has 25 heavy (non-hydrogen) atoms. The topological polar surface area (TPSA) is 59.8 Å². The summed E-state index contributed by atoms with van der Waals surface area (Å²) in [6, 6.07) is 2.49. The van der Waals surface area contributed by atoms with E-state index in [1.54, 1.807) is 12.4 Å². The largest absolute Gasteiger partial charge is 0.349 e. The normalized spacial score (nSPS) is 26.6. The highest BCUT2D eigenvalue weighted by atomic mass is 16.1. The highest BCUT2D eigenvalue weighted by molar-refractivity contribution is 5.97. The predicted molar refractivity (Wildman–Crippen MR) is 98.5 cm³/mol. The Morgan fingerprint density at radius 1 is 1.16 bits per heavy atom. The number of nitrogens with zero attached hydrogens (tertiary/aromatic N) is 3. The van der Waals surface area contributed by atoms with Crippen molar-refractivity contribution < 1.29 is 4.79 Å². The van der Waals surface area contributed by atoms with E-state index in [2.05, 4.69) is 29.2 Å². The van der Waals surface area contributed by atoms with Gasteiger partial charge >= 0.3 is 0 Å². The molecule has 0 aromatic carbocycles. The molecule has 2 aliphatic rings. The van der Waals surface area contributed by atoms with Gasteiger partial charge in [-0.2, -0.15) is 5.10 Å². The Labute approximate surface area is 149 Å². The molecule has 2 aromatic heterocycles. The molecule has 2 fully saturated rings. The van der Waals surface area contributed by atoms with Crippen LogP contribution in [0.4, 0.5) is 0 Å². The molecule has 0 radical (unpaired) electrons. The van der Waals surface area contributed by atoms with Crippen LogP contribution in [0.1, 0.15) is 75.2 Å². The van der Waals surface area contributed by atoms with Gasteiger partial charge in [-0.3, -0.25) is 4.79 Å². The number of carbonyl (C=O) groups is 1. The van der Waals surface area contributed by atoms with Crippen LogP contribution in [-0.4, -0.2) is 26.7 Å². The Morgan fingerprint density at radius 2 is 1.96 bits per heavy atom. The first kappa shape index (κ1) is 16.6. The lowest BCUT2D eigenvalue weighted by atomic mass is 9.69. The van der Waals surface area contributed by atoms with E-state index in [9.17, 15) is 4.79 Å². The average Bonchev–Trinajstić information content (AvgIpc) is 3.05. The third kappa shape index (κ3) is 3.29. The molecule has 2 saturated carbocycles. The van der Waals surface area contributed by atoms with Crippen molar-refractivity contribution in [3.8, 4) is 0 Å². The molecular formula is C20H28N4O. The van der Waals surface area contributed by atoms with E-state index in [-0.39, 0.29) is 11.9 Å². The van der Waals surface area contributed by atoms with Gasteiger partial charge in [0.2, 0.25) is 0 Å². The quantitative estimate of drug-likeness (QED) is 0.915. The number of aromatic nitrogens is 3. The lowest BCUT2D eigenvalue weighted by Crippen LogP contribution is -2.41. The zero-order chi connectivity index (χ0) is 17.4. The summed E-state index contributed by atoms with van der Waals surface area (Å²) in [5.74, 6) is 1.73. The maximum atomic E-state index is 12.7. The summed E-state index contributed by atoms with van der Waals surface area (Å²) in [5, 5.41) is 8.56. The van der Waals surface area contributed by atoms with Crippen LogP contribution in [0.5, 0.6) is 0 Å². The first-order valence-electron chi connectivity index (χ1n) is 9.76. The zero-order valence-electron chi connectivity index (χ0n) is 15.2. The van der Waals surface area contributed by atoms with Crippen molar-refractivity contribution >= 4 is 16.9 Å². The lowest BCUT2D eigenvalue weighted by Gasteiger charge is -2.39. The number of nitrogens with one attached hydrogen (secondary N) is 1. The maximum absolute atomic E-state index is 12.7. The fraction of sp³-hybridized carbons (Fsp3) is 0.650. The van der Waals surface area contributed by atoms with Crippen LogP contribution in [0.15, 0.2) is 18.5 Å². The van der Waals surface area contributed by atoms with E-state index in [4.69, 9.17) is 0 Å². The van der Waals surface area contributed by atoms with Gasteiger partial charge in [-0.05, 0) is 51.0 Å². The second-order valence-corrected chi connectivity index (χ2v) is 8.11. The SMILES string of the molecule is CC(C)n1ncc2cc(C(=O)N[C@@H]3CC[C@@H]4CCCC[C@H]4C3)cnc21. The average molecular weight is 340 g/mol. The minimum Gasteiger partial charge on any atom is -0.349 e. The third-order valence-corrected chi connectivity index (χ3v) is 6.06. The highest BCUT2D eigenvalue weighted by Gasteiger charge is 2.32. The molecule has 1 amide bonds. The van der Waals surface area contributed by atoms with Crippen molar-refractivity contribution in [1.82, 2.24) is 20.1 Å². The lowest BCUT2D eigenvalue weighted by molar-refractivity contribution is 0.0879. The van der Waals surface area contributed by atoms with Crippen LogP contribution >= 0.6 is 0 Å². The van der Waals surface area contributed by atoms with Crippen LogP contribution in [0, 0.1) is 11.8 Å². The standard InChI is InChI=1S/C20H28N4O/c1-13(2)24-19-16(12-22-24)9-17(11-21-19)20(25)23-18-8-7-14-5-3-4-6-15(14)10-18/h9,11-15,18H,3-8,10H2,1-2H3,(H,23,25)/t14-,15-,18+/m0/s1. The Bertz CT molecular complexity index is 766. The van der Waals surface area contributed by atoms with Gasteiger partial charge in [0.15, 0.2) is 5.65 Å². The molecule has 0 unspecified atom stereocenters. The molecule has 5 heteroatoms. The second-order valence-electron chi connectivity index (χ2n) is 8.11. The van der Waals surface area contributed by atoms with Gasteiger partial charge in [0, 0.05) is 23.7 Å². The van der Waals surface area contributed by atoms with Gasteiger partial charge in [-0.25, -0.2) is 9.67 Å². The van der Waals surface area contributed by atoms with Gasteiger partial charge in [-0.1, -0.05) is 25.7 Å². The number of hydrogen-bond acceptors (Lipinski definition) is 3. The Morgan fingerprint density at radius 3 is 2.76 bits per heavy atom. The fourth-order valence-electron chi connectivity index (χ4n) is 4.72. The summed E-state index contributed by atoms with van der Waals surface area (Å²) in [6.07, 6.45) is 12.5. The number of carbonyl (C=O) groups excluding carboxylic acids is 1. The second kappa shape index (κ2) is 6.77. The smallest absolute Gasteiger partial charge is 0.253 e. The van der Waals surface area contributed by atoms with Crippen molar-refractivity contribution in [2.45, 2.75) is 70.9 Å². The molecule has 1 N–H and O–H groups in total. The van der Waals surface area contributed by atoms with Crippen LogP contribution in [0.25, 0.3) is 11.0 Å². The van der Waals surface area contributed by atoms with E-state index in [0.717, 1.165) is 35.7 Å². The molecule has 0 saturated heterocycles. The Hall–Kier alpha value is -1.91. The molecular weight excluding hydrogens is 312 g/mol. The van der Waals surface area contributed by atoms with Crippen LogP contribution in [0.3, 0.4) is 0 Å². The number of hydrogen-bond donors (Lipinski definition) is 1. The molecule has 4 rings (SSSR count). The van der Waals surface area contributed by atoms with Gasteiger partial charge in [0.1, 0.15) is 0 Å². The fourth-order valence-corrected chi connectivity index (χ4v) is 4.72. The minimum absolute atomic E-state index is 0.00552. The summed E-state index contributed by atoms with van der Waals surface area (Å²) in [7, 11) is 0. The molecule has 5 nitrogen and oxygen atoms in total. The van der Waals surface area contributed by atoms with E-state index in [1.165, 1.54) is 32.1 Å². The predicted octanol–water partition coefficient (Wildman–Crippen LogP) is 4.10. The number of rotatable bonds is 3. The zero-order valence-corrected chi connectivity index (χ0v) is 15.2. The highest BCUT2D eigenvalue weighted by Crippen LogP contribution is 2.40. The monoisotopic (exact) mass is 340 g/mol. The summed E-state index contributed by atoms with van der Waals surface area (Å²) in [5.41, 5.74) is 1.48. The summed E-state index contributed by atoms with van der Waals surface area (Å²) in [6.45, 7) is 4.16. The van der Waals surface area contributed by atoms with Gasteiger partial charge in [0.05, 0.1) is 11.8 Å². The summed E-state index contributed by atoms with van der Waals surface area (Å²) < 4.78 is 1.89. The number of fused-ring (bicyclic) bond motifs is 2. The van der Waals surface area contributed by atoms with Crippen molar-refractivity contribution in [3.05, 3.63) is 24.0 Å². The molecule has 2 heterocycles. The first-order valence-corrected chi connectivity index (χ1v) is 9.76. The van der Waals surface area contributed by atoms with Gasteiger partial charge in [-0.15, -0.1) is 0 Å². The van der Waals surface area contributed by atoms with Crippen molar-refractivity contribution in [1.29, 1.82) is 0 Å². The molecule has 2 aliphatic carbocycles.